The van der Waals surface area contributed by atoms with Crippen LogP contribution in [0.2, 0.25) is 0 Å². The average molecular weight is 279 g/mol. The van der Waals surface area contributed by atoms with Gasteiger partial charge in [0.25, 0.3) is 5.91 Å². The molecule has 92 valence electrons. The van der Waals surface area contributed by atoms with Crippen molar-refractivity contribution in [2.45, 2.75) is 4.52 Å². The number of hydrogen-bond acceptors (Lipinski definition) is 5. The van der Waals surface area contributed by atoms with Crippen LogP contribution in [0.25, 0.3) is 0 Å². The molecule has 1 aromatic carbocycles. The number of benzene rings is 1. The highest BCUT2D eigenvalue weighted by Gasteiger charge is 2.37. The molecular weight excluding hydrogens is 271 g/mol. The molecule has 5 N–H and O–H groups in total. The van der Waals surface area contributed by atoms with Gasteiger partial charge in [-0.05, 0) is 35.3 Å². The second-order valence-corrected chi connectivity index (χ2v) is 4.27. The van der Waals surface area contributed by atoms with Crippen LogP contribution in [0.5, 0.6) is 5.75 Å². The Morgan fingerprint density at radius 1 is 1.35 bits per heavy atom. The van der Waals surface area contributed by atoms with Crippen molar-refractivity contribution in [3.05, 3.63) is 23.8 Å². The van der Waals surface area contributed by atoms with Crippen molar-refractivity contribution in [1.29, 1.82) is 0 Å². The summed E-state index contributed by atoms with van der Waals surface area (Å²) in [4.78, 5) is 22.3. The fourth-order valence-electron chi connectivity index (χ4n) is 0.953. The molecule has 0 unspecified atom stereocenters. The SMILES string of the molecule is NC(=O)C(Cl)(Cl)OC(=O)c1cccc(O)c1N. The van der Waals surface area contributed by atoms with Gasteiger partial charge < -0.3 is 21.3 Å². The van der Waals surface area contributed by atoms with Gasteiger partial charge in [-0.3, -0.25) is 4.79 Å². The number of ether oxygens (including phenoxy) is 1. The Bertz CT molecular complexity index is 476. The molecule has 0 fully saturated rings. The third-order valence-corrected chi connectivity index (χ3v) is 2.34. The third kappa shape index (κ3) is 2.92. The van der Waals surface area contributed by atoms with Gasteiger partial charge in [-0.2, -0.15) is 0 Å². The second-order valence-electron chi connectivity index (χ2n) is 3.01. The molecule has 0 bridgehead atoms. The summed E-state index contributed by atoms with van der Waals surface area (Å²) in [6.07, 6.45) is 0. The zero-order valence-corrected chi connectivity index (χ0v) is 9.83. The summed E-state index contributed by atoms with van der Waals surface area (Å²) in [6, 6.07) is 3.90. The largest absolute Gasteiger partial charge is 0.506 e. The quantitative estimate of drug-likeness (QED) is 0.327. The summed E-state index contributed by atoms with van der Waals surface area (Å²) in [6.45, 7) is 0. The van der Waals surface area contributed by atoms with Crippen LogP contribution >= 0.6 is 23.2 Å². The average Bonchev–Trinajstić information content (AvgIpc) is 2.21. The monoisotopic (exact) mass is 278 g/mol. The van der Waals surface area contributed by atoms with E-state index in [4.69, 9.17) is 34.7 Å². The number of nitrogen functional groups attached to an aromatic ring is 1. The first-order valence-electron chi connectivity index (χ1n) is 4.24. The van der Waals surface area contributed by atoms with Crippen LogP contribution in [0.15, 0.2) is 18.2 Å². The minimum atomic E-state index is -2.49. The Hall–Kier alpha value is -1.66. The molecule has 1 amide bonds. The van der Waals surface area contributed by atoms with E-state index in [0.29, 0.717) is 0 Å². The van der Waals surface area contributed by atoms with Gasteiger partial charge in [-0.15, -0.1) is 0 Å². The number of primary amides is 1. The summed E-state index contributed by atoms with van der Waals surface area (Å²) in [5.74, 6) is -2.64. The van der Waals surface area contributed by atoms with E-state index < -0.39 is 16.4 Å². The fourth-order valence-corrected chi connectivity index (χ4v) is 1.09. The van der Waals surface area contributed by atoms with Crippen LogP contribution in [0.3, 0.4) is 0 Å². The van der Waals surface area contributed by atoms with E-state index in [-0.39, 0.29) is 17.0 Å². The lowest BCUT2D eigenvalue weighted by Crippen LogP contribution is -2.37. The Morgan fingerprint density at radius 3 is 2.47 bits per heavy atom. The van der Waals surface area contributed by atoms with E-state index in [9.17, 15) is 14.7 Å². The number of carbonyl (C=O) groups is 2. The lowest BCUT2D eigenvalue weighted by Gasteiger charge is -2.16. The van der Waals surface area contributed by atoms with Gasteiger partial charge in [0.2, 0.25) is 0 Å². The Kier molecular flexibility index (Phi) is 3.69. The van der Waals surface area contributed by atoms with Crippen molar-refractivity contribution in [3.63, 3.8) is 0 Å². The molecule has 0 aromatic heterocycles. The van der Waals surface area contributed by atoms with Crippen molar-refractivity contribution in [1.82, 2.24) is 0 Å². The highest BCUT2D eigenvalue weighted by atomic mass is 35.5. The van der Waals surface area contributed by atoms with Crippen LogP contribution in [-0.4, -0.2) is 21.5 Å². The van der Waals surface area contributed by atoms with E-state index in [1.165, 1.54) is 18.2 Å². The second kappa shape index (κ2) is 4.68. The maximum atomic E-state index is 11.5. The molecular formula is C9H8Cl2N2O4. The highest BCUT2D eigenvalue weighted by molar-refractivity contribution is 6.57. The number of halogens is 2. The van der Waals surface area contributed by atoms with Gasteiger partial charge >= 0.3 is 10.5 Å². The molecule has 0 aliphatic heterocycles. The van der Waals surface area contributed by atoms with E-state index in [1.54, 1.807) is 0 Å². The zero-order chi connectivity index (χ0) is 13.2. The minimum absolute atomic E-state index is 0.183. The topological polar surface area (TPSA) is 116 Å². The number of para-hydroxylation sites is 1. The van der Waals surface area contributed by atoms with E-state index in [0.717, 1.165) is 0 Å². The fraction of sp³-hybridized carbons (Fsp3) is 0.111. The number of esters is 1. The summed E-state index contributed by atoms with van der Waals surface area (Å²) in [7, 11) is 0. The predicted octanol–water partition coefficient (Wildman–Crippen LogP) is 0.748. The first kappa shape index (κ1) is 13.4. The number of amides is 1. The Morgan fingerprint density at radius 2 is 1.94 bits per heavy atom. The molecule has 17 heavy (non-hydrogen) atoms. The van der Waals surface area contributed by atoms with Crippen molar-refractivity contribution in [2.24, 2.45) is 5.73 Å². The van der Waals surface area contributed by atoms with Gasteiger partial charge in [-0.25, -0.2) is 4.79 Å². The van der Waals surface area contributed by atoms with Crippen LogP contribution < -0.4 is 11.5 Å². The van der Waals surface area contributed by atoms with E-state index in [2.05, 4.69) is 4.74 Å². The number of aromatic hydroxyl groups is 1. The molecule has 0 spiro atoms. The molecule has 6 nitrogen and oxygen atoms in total. The maximum Gasteiger partial charge on any atom is 0.343 e. The van der Waals surface area contributed by atoms with Crippen molar-refractivity contribution >= 4 is 40.8 Å². The van der Waals surface area contributed by atoms with Crippen LogP contribution in [0.4, 0.5) is 5.69 Å². The molecule has 0 atom stereocenters. The maximum absolute atomic E-state index is 11.5. The van der Waals surface area contributed by atoms with Gasteiger partial charge in [0.15, 0.2) is 0 Å². The van der Waals surface area contributed by atoms with Gasteiger partial charge in [0.1, 0.15) is 5.75 Å². The third-order valence-electron chi connectivity index (χ3n) is 1.81. The highest BCUT2D eigenvalue weighted by Crippen LogP contribution is 2.28. The Balaban J connectivity index is 2.99. The molecule has 0 saturated heterocycles. The summed E-state index contributed by atoms with van der Waals surface area (Å²) in [5, 5.41) is 9.27. The number of phenols is 1. The number of phenolic OH excluding ortho intramolecular Hbond substituents is 1. The van der Waals surface area contributed by atoms with Gasteiger partial charge in [0, 0.05) is 0 Å². The first-order valence-corrected chi connectivity index (χ1v) is 5.00. The molecule has 8 heteroatoms. The van der Waals surface area contributed by atoms with Crippen molar-refractivity contribution in [2.75, 3.05) is 5.73 Å². The number of hydrogen-bond donors (Lipinski definition) is 3. The van der Waals surface area contributed by atoms with Crippen LogP contribution in [0.1, 0.15) is 10.4 Å². The number of anilines is 1. The van der Waals surface area contributed by atoms with E-state index >= 15 is 0 Å². The Labute approximate surface area is 106 Å². The molecule has 0 aliphatic carbocycles. The normalized spacial score (nSPS) is 10.9. The molecule has 1 aromatic rings. The number of nitrogens with two attached hydrogens (primary N) is 2. The predicted molar refractivity (Wildman–Crippen MR) is 61.6 cm³/mol. The minimum Gasteiger partial charge on any atom is -0.506 e. The molecule has 0 heterocycles. The number of alkyl halides is 2. The first-order chi connectivity index (χ1) is 7.75. The number of rotatable bonds is 3. The summed E-state index contributed by atoms with van der Waals surface area (Å²) in [5.41, 5.74) is 9.83. The molecule has 0 aliphatic rings. The van der Waals surface area contributed by atoms with Crippen LogP contribution in [-0.2, 0) is 9.53 Å². The summed E-state index contributed by atoms with van der Waals surface area (Å²) < 4.78 is 1.96. The van der Waals surface area contributed by atoms with Gasteiger partial charge in [0.05, 0.1) is 11.3 Å². The standard InChI is InChI=1S/C9H8Cl2N2O4/c10-9(11,8(13)16)17-7(15)4-2-1-3-5(14)6(4)12/h1-3,14H,12H2,(H2,13,16). The lowest BCUT2D eigenvalue weighted by molar-refractivity contribution is -0.125. The molecule has 0 radical (unpaired) electrons. The number of carbonyl (C=O) groups excluding carboxylic acids is 2. The molecule has 0 saturated carbocycles. The lowest BCUT2D eigenvalue weighted by atomic mass is 10.1. The van der Waals surface area contributed by atoms with Crippen LogP contribution in [0, 0.1) is 0 Å². The van der Waals surface area contributed by atoms with Crippen molar-refractivity contribution < 1.29 is 19.4 Å². The summed E-state index contributed by atoms with van der Waals surface area (Å²) >= 11 is 10.7. The van der Waals surface area contributed by atoms with Gasteiger partial charge in [-0.1, -0.05) is 6.07 Å². The van der Waals surface area contributed by atoms with Crippen molar-refractivity contribution in [3.8, 4) is 5.75 Å². The molecule has 1 rings (SSSR count). The van der Waals surface area contributed by atoms with E-state index in [1.807, 2.05) is 0 Å². The smallest absolute Gasteiger partial charge is 0.343 e. The zero-order valence-electron chi connectivity index (χ0n) is 8.31.